The third-order valence-corrected chi connectivity index (χ3v) is 7.65. The Labute approximate surface area is 182 Å². The zero-order valence-electron chi connectivity index (χ0n) is 17.6. The van der Waals surface area contributed by atoms with E-state index >= 15 is 0 Å². The molecule has 1 aliphatic heterocycles. The van der Waals surface area contributed by atoms with Crippen LogP contribution < -0.4 is 0 Å². The maximum atomic E-state index is 13.4. The van der Waals surface area contributed by atoms with Gasteiger partial charge in [0.1, 0.15) is 10.6 Å². The highest BCUT2D eigenvalue weighted by Crippen LogP contribution is 2.25. The summed E-state index contributed by atoms with van der Waals surface area (Å²) < 4.78 is 30.0. The van der Waals surface area contributed by atoms with Crippen LogP contribution in [0, 0.1) is 13.8 Å². The first-order chi connectivity index (χ1) is 14.9. The Balaban J connectivity index is 1.50. The Morgan fingerprint density at radius 2 is 1.65 bits per heavy atom. The summed E-state index contributed by atoms with van der Waals surface area (Å²) in [6, 6.07) is 15.0. The number of pyridine rings is 1. The molecule has 0 spiro atoms. The Morgan fingerprint density at radius 3 is 2.29 bits per heavy atom. The average Bonchev–Trinajstić information content (AvgIpc) is 3.08. The number of carbonyl (C=O) groups is 1. The molecule has 1 aliphatic rings. The SMILES string of the molecule is Cc1nn(Cc2ccccc2)c(C)c1S(=O)(=O)N1CCN(C(=O)c2ccccn2)CC1. The van der Waals surface area contributed by atoms with Crippen LogP contribution in [0.1, 0.15) is 27.4 Å². The molecule has 3 aromatic rings. The molecule has 0 bridgehead atoms. The van der Waals surface area contributed by atoms with Crippen molar-refractivity contribution in [1.82, 2.24) is 24.0 Å². The summed E-state index contributed by atoms with van der Waals surface area (Å²) in [4.78, 5) is 18.6. The predicted octanol–water partition coefficient (Wildman–Crippen LogP) is 2.09. The number of piperazine rings is 1. The minimum atomic E-state index is -3.71. The summed E-state index contributed by atoms with van der Waals surface area (Å²) in [5, 5.41) is 4.49. The van der Waals surface area contributed by atoms with E-state index in [0.717, 1.165) is 5.56 Å². The molecule has 0 N–H and O–H groups in total. The standard InChI is InChI=1S/C22H25N5O3S/c1-17-21(18(2)27(24-17)16-19-8-4-3-5-9-19)31(29,30)26-14-12-25(13-15-26)22(28)20-10-6-7-11-23-20/h3-11H,12-16H2,1-2H3. The zero-order chi connectivity index (χ0) is 22.0. The largest absolute Gasteiger partial charge is 0.335 e. The minimum absolute atomic E-state index is 0.180. The molecule has 9 heteroatoms. The normalized spacial score (nSPS) is 15.2. The number of sulfonamides is 1. The van der Waals surface area contributed by atoms with Crippen molar-refractivity contribution in [3.8, 4) is 0 Å². The molecule has 8 nitrogen and oxygen atoms in total. The van der Waals surface area contributed by atoms with E-state index in [1.165, 1.54) is 4.31 Å². The molecule has 0 aliphatic carbocycles. The summed E-state index contributed by atoms with van der Waals surface area (Å²) in [7, 11) is -3.71. The van der Waals surface area contributed by atoms with Gasteiger partial charge in [-0.2, -0.15) is 9.40 Å². The highest BCUT2D eigenvalue weighted by atomic mass is 32.2. The summed E-state index contributed by atoms with van der Waals surface area (Å²) in [5.74, 6) is -0.180. The molecule has 1 fully saturated rings. The number of rotatable bonds is 5. The van der Waals surface area contributed by atoms with Gasteiger partial charge in [-0.15, -0.1) is 0 Å². The summed E-state index contributed by atoms with van der Waals surface area (Å²) >= 11 is 0. The van der Waals surface area contributed by atoms with Crippen molar-refractivity contribution in [2.45, 2.75) is 25.3 Å². The molecule has 2 aromatic heterocycles. The Bertz CT molecular complexity index is 1170. The second kappa shape index (κ2) is 8.60. The van der Waals surface area contributed by atoms with Crippen LogP contribution in [-0.2, 0) is 16.6 Å². The smallest absolute Gasteiger partial charge is 0.272 e. The van der Waals surface area contributed by atoms with Gasteiger partial charge < -0.3 is 4.90 Å². The van der Waals surface area contributed by atoms with Gasteiger partial charge in [-0.25, -0.2) is 8.42 Å². The highest BCUT2D eigenvalue weighted by molar-refractivity contribution is 7.89. The second-order valence-corrected chi connectivity index (χ2v) is 9.43. The van der Waals surface area contributed by atoms with Gasteiger partial charge in [0, 0.05) is 32.4 Å². The Morgan fingerprint density at radius 1 is 0.968 bits per heavy atom. The molecule has 0 saturated carbocycles. The van der Waals surface area contributed by atoms with E-state index in [9.17, 15) is 13.2 Å². The van der Waals surface area contributed by atoms with Crippen molar-refractivity contribution in [3.05, 3.63) is 77.4 Å². The Kier molecular flexibility index (Phi) is 5.88. The first-order valence-corrected chi connectivity index (χ1v) is 11.6. The molecular weight excluding hydrogens is 414 g/mol. The lowest BCUT2D eigenvalue weighted by molar-refractivity contribution is 0.0692. The number of aromatic nitrogens is 3. The van der Waals surface area contributed by atoms with Crippen molar-refractivity contribution in [1.29, 1.82) is 0 Å². The predicted molar refractivity (Wildman–Crippen MR) is 116 cm³/mol. The number of benzene rings is 1. The van der Waals surface area contributed by atoms with E-state index in [1.807, 2.05) is 30.3 Å². The summed E-state index contributed by atoms with van der Waals surface area (Å²) in [5.41, 5.74) is 2.53. The van der Waals surface area contributed by atoms with Crippen LogP contribution in [0.5, 0.6) is 0 Å². The number of hydrogen-bond donors (Lipinski definition) is 0. The number of amides is 1. The Hall–Kier alpha value is -3.04. The van der Waals surface area contributed by atoms with Gasteiger partial charge in [-0.3, -0.25) is 14.5 Å². The second-order valence-electron chi connectivity index (χ2n) is 7.55. The summed E-state index contributed by atoms with van der Waals surface area (Å²) in [6.45, 7) is 5.15. The fraction of sp³-hybridized carbons (Fsp3) is 0.318. The van der Waals surface area contributed by atoms with Gasteiger partial charge in [0.05, 0.1) is 17.9 Å². The van der Waals surface area contributed by atoms with Crippen LogP contribution in [0.3, 0.4) is 0 Å². The lowest BCUT2D eigenvalue weighted by atomic mass is 10.2. The molecule has 0 radical (unpaired) electrons. The minimum Gasteiger partial charge on any atom is -0.335 e. The third kappa shape index (κ3) is 4.24. The van der Waals surface area contributed by atoms with Gasteiger partial charge in [0.2, 0.25) is 10.0 Å². The maximum absolute atomic E-state index is 13.4. The lowest BCUT2D eigenvalue weighted by Crippen LogP contribution is -2.50. The molecule has 0 atom stereocenters. The maximum Gasteiger partial charge on any atom is 0.272 e. The van der Waals surface area contributed by atoms with E-state index in [4.69, 9.17) is 0 Å². The summed E-state index contributed by atoms with van der Waals surface area (Å²) in [6.07, 6.45) is 1.58. The van der Waals surface area contributed by atoms with Crippen LogP contribution in [0.15, 0.2) is 59.6 Å². The molecule has 1 saturated heterocycles. The van der Waals surface area contributed by atoms with E-state index in [-0.39, 0.29) is 23.9 Å². The van der Waals surface area contributed by atoms with Crippen molar-refractivity contribution in [2.24, 2.45) is 0 Å². The van der Waals surface area contributed by atoms with Crippen molar-refractivity contribution < 1.29 is 13.2 Å². The fourth-order valence-corrected chi connectivity index (χ4v) is 5.67. The zero-order valence-corrected chi connectivity index (χ0v) is 18.4. The van der Waals surface area contributed by atoms with Gasteiger partial charge in [-0.05, 0) is 31.5 Å². The lowest BCUT2D eigenvalue weighted by Gasteiger charge is -2.33. The first kappa shape index (κ1) is 21.2. The van der Waals surface area contributed by atoms with E-state index in [2.05, 4.69) is 10.1 Å². The van der Waals surface area contributed by atoms with Crippen LogP contribution in [0.25, 0.3) is 0 Å². The van der Waals surface area contributed by atoms with E-state index in [1.54, 1.807) is 47.8 Å². The van der Waals surface area contributed by atoms with Gasteiger partial charge in [0.25, 0.3) is 5.91 Å². The molecule has 1 aromatic carbocycles. The van der Waals surface area contributed by atoms with Crippen LogP contribution in [0.4, 0.5) is 0 Å². The van der Waals surface area contributed by atoms with Crippen molar-refractivity contribution >= 4 is 15.9 Å². The molecular formula is C22H25N5O3S. The highest BCUT2D eigenvalue weighted by Gasteiger charge is 2.34. The van der Waals surface area contributed by atoms with Gasteiger partial charge in [-0.1, -0.05) is 36.4 Å². The van der Waals surface area contributed by atoms with Gasteiger partial charge in [0.15, 0.2) is 0 Å². The van der Waals surface area contributed by atoms with Crippen LogP contribution in [-0.4, -0.2) is 64.5 Å². The van der Waals surface area contributed by atoms with Crippen LogP contribution >= 0.6 is 0 Å². The quantitative estimate of drug-likeness (QED) is 0.607. The molecule has 4 rings (SSSR count). The van der Waals surface area contributed by atoms with E-state index in [0.29, 0.717) is 36.7 Å². The molecule has 0 unspecified atom stereocenters. The third-order valence-electron chi connectivity index (χ3n) is 5.50. The van der Waals surface area contributed by atoms with Crippen LogP contribution in [0.2, 0.25) is 0 Å². The molecule has 162 valence electrons. The average molecular weight is 440 g/mol. The van der Waals surface area contributed by atoms with E-state index < -0.39 is 10.0 Å². The number of carbonyl (C=O) groups excluding carboxylic acids is 1. The fourth-order valence-electron chi connectivity index (χ4n) is 3.88. The van der Waals surface area contributed by atoms with Crippen molar-refractivity contribution in [3.63, 3.8) is 0 Å². The molecule has 1 amide bonds. The number of nitrogens with zero attached hydrogens (tertiary/aromatic N) is 5. The monoisotopic (exact) mass is 439 g/mol. The van der Waals surface area contributed by atoms with Crippen molar-refractivity contribution in [2.75, 3.05) is 26.2 Å². The molecule has 31 heavy (non-hydrogen) atoms. The topological polar surface area (TPSA) is 88.4 Å². The number of hydrogen-bond acceptors (Lipinski definition) is 5. The van der Waals surface area contributed by atoms with Gasteiger partial charge >= 0.3 is 0 Å². The first-order valence-electron chi connectivity index (χ1n) is 10.2. The number of aryl methyl sites for hydroxylation is 1. The molecule has 3 heterocycles.